The minimum atomic E-state index is -0.312. The number of hydrogen-bond donors (Lipinski definition) is 3. The van der Waals surface area contributed by atoms with Crippen molar-refractivity contribution >= 4 is 41.3 Å². The highest BCUT2D eigenvalue weighted by molar-refractivity contribution is 6.39. The smallest absolute Gasteiger partial charge is 0.319 e. The summed E-state index contributed by atoms with van der Waals surface area (Å²) in [4.78, 5) is 11.2. The van der Waals surface area contributed by atoms with Crippen LogP contribution >= 0.6 is 23.2 Å². The summed E-state index contributed by atoms with van der Waals surface area (Å²) in [5.74, 6) is 0. The molecule has 1 aromatic carbocycles. The molecule has 0 fully saturated rings. The highest BCUT2D eigenvalue weighted by Gasteiger charge is 2.02. The zero-order chi connectivity index (χ0) is 13.4. The normalized spacial score (nSPS) is 10.4. The summed E-state index contributed by atoms with van der Waals surface area (Å²) >= 11 is 11.8. The summed E-state index contributed by atoms with van der Waals surface area (Å²) in [6.45, 7) is 2.58. The van der Waals surface area contributed by atoms with Crippen molar-refractivity contribution in [2.75, 3.05) is 12.0 Å². The number of carbonyl (C=O) groups is 1. The Kier molecular flexibility index (Phi) is 6.32. The first kappa shape index (κ1) is 14.6. The van der Waals surface area contributed by atoms with E-state index in [4.69, 9.17) is 23.2 Å². The molecule has 3 N–H and O–H groups in total. The molecule has 0 spiro atoms. The van der Waals surface area contributed by atoms with Crippen LogP contribution in [0.2, 0.25) is 10.0 Å². The maximum atomic E-state index is 11.2. The van der Waals surface area contributed by atoms with E-state index < -0.39 is 0 Å². The summed E-state index contributed by atoms with van der Waals surface area (Å²) < 4.78 is 0. The van der Waals surface area contributed by atoms with Crippen LogP contribution in [0.4, 0.5) is 10.5 Å². The lowest BCUT2D eigenvalue weighted by atomic mass is 10.3. The molecule has 0 radical (unpaired) electrons. The third kappa shape index (κ3) is 4.81. The molecule has 7 heteroatoms. The molecule has 0 bridgehead atoms. The molecule has 0 aliphatic carbocycles. The molecule has 1 aromatic rings. The van der Waals surface area contributed by atoms with E-state index in [1.807, 2.05) is 6.92 Å². The average molecular weight is 289 g/mol. The number of hydrogen-bond acceptors (Lipinski definition) is 3. The van der Waals surface area contributed by atoms with Crippen molar-refractivity contribution in [1.82, 2.24) is 10.6 Å². The Morgan fingerprint density at radius 2 is 2.06 bits per heavy atom. The number of nitrogens with one attached hydrogen (secondary N) is 3. The first-order valence-electron chi connectivity index (χ1n) is 5.41. The van der Waals surface area contributed by atoms with Crippen molar-refractivity contribution in [1.29, 1.82) is 0 Å². The molecule has 1 rings (SSSR count). The molecule has 18 heavy (non-hydrogen) atoms. The number of benzene rings is 1. The van der Waals surface area contributed by atoms with Gasteiger partial charge in [0.2, 0.25) is 0 Å². The number of rotatable bonds is 5. The van der Waals surface area contributed by atoms with Gasteiger partial charge in [0.15, 0.2) is 0 Å². The minimum absolute atomic E-state index is 0.312. The molecule has 0 saturated heterocycles. The predicted octanol–water partition coefficient (Wildman–Crippen LogP) is 3.06. The van der Waals surface area contributed by atoms with Gasteiger partial charge in [0.05, 0.1) is 15.7 Å². The summed E-state index contributed by atoms with van der Waals surface area (Å²) in [7, 11) is 0. The van der Waals surface area contributed by atoms with Crippen molar-refractivity contribution < 1.29 is 4.79 Å². The second kappa shape index (κ2) is 7.79. The summed E-state index contributed by atoms with van der Waals surface area (Å²) in [5.41, 5.74) is 3.15. The number of anilines is 1. The third-order valence-corrected chi connectivity index (χ3v) is 2.56. The summed E-state index contributed by atoms with van der Waals surface area (Å²) in [6, 6.07) is 4.79. The molecule has 0 saturated carbocycles. The van der Waals surface area contributed by atoms with Gasteiger partial charge in [-0.2, -0.15) is 5.10 Å². The van der Waals surface area contributed by atoms with Crippen LogP contribution in [-0.2, 0) is 0 Å². The van der Waals surface area contributed by atoms with E-state index in [1.54, 1.807) is 18.2 Å². The van der Waals surface area contributed by atoms with Crippen LogP contribution in [0.1, 0.15) is 13.3 Å². The Bertz CT molecular complexity index is 417. The van der Waals surface area contributed by atoms with Crippen LogP contribution in [0.3, 0.4) is 0 Å². The van der Waals surface area contributed by atoms with Crippen molar-refractivity contribution in [3.8, 4) is 0 Å². The van der Waals surface area contributed by atoms with Crippen LogP contribution in [0.5, 0.6) is 0 Å². The Morgan fingerprint density at radius 3 is 2.67 bits per heavy atom. The molecule has 0 unspecified atom stereocenters. The number of urea groups is 1. The summed E-state index contributed by atoms with van der Waals surface area (Å²) in [5, 5.41) is 9.77. The van der Waals surface area contributed by atoms with Gasteiger partial charge in [-0.05, 0) is 18.6 Å². The van der Waals surface area contributed by atoms with Crippen molar-refractivity contribution in [3.63, 3.8) is 0 Å². The Morgan fingerprint density at radius 1 is 1.39 bits per heavy atom. The highest BCUT2D eigenvalue weighted by atomic mass is 35.5. The van der Waals surface area contributed by atoms with E-state index in [0.29, 0.717) is 22.3 Å². The average Bonchev–Trinajstić information content (AvgIpc) is 2.35. The molecule has 2 amide bonds. The minimum Gasteiger partial charge on any atom is -0.338 e. The van der Waals surface area contributed by atoms with Crippen molar-refractivity contribution in [3.05, 3.63) is 28.2 Å². The molecule has 0 heterocycles. The number of para-hydroxylation sites is 1. The first-order valence-corrected chi connectivity index (χ1v) is 6.16. The van der Waals surface area contributed by atoms with Crippen molar-refractivity contribution in [2.24, 2.45) is 5.10 Å². The van der Waals surface area contributed by atoms with E-state index in [9.17, 15) is 4.79 Å². The lowest BCUT2D eigenvalue weighted by molar-refractivity contribution is 0.245. The van der Waals surface area contributed by atoms with E-state index in [2.05, 4.69) is 21.2 Å². The van der Waals surface area contributed by atoms with E-state index in [0.717, 1.165) is 6.42 Å². The van der Waals surface area contributed by atoms with Gasteiger partial charge < -0.3 is 5.32 Å². The van der Waals surface area contributed by atoms with Gasteiger partial charge in [0.25, 0.3) is 0 Å². The topological polar surface area (TPSA) is 65.5 Å². The van der Waals surface area contributed by atoms with Crippen LogP contribution < -0.4 is 16.1 Å². The molecular formula is C11H14Cl2N4O. The highest BCUT2D eigenvalue weighted by Crippen LogP contribution is 2.29. The van der Waals surface area contributed by atoms with Gasteiger partial charge >= 0.3 is 6.03 Å². The largest absolute Gasteiger partial charge is 0.338 e. The molecule has 5 nitrogen and oxygen atoms in total. The number of nitrogens with zero attached hydrogens (tertiary/aromatic N) is 1. The second-order valence-corrected chi connectivity index (χ2v) is 4.18. The maximum Gasteiger partial charge on any atom is 0.319 e. The molecule has 0 aromatic heterocycles. The molecule has 0 aliphatic rings. The Hall–Kier alpha value is -1.46. The number of carbonyl (C=O) groups excluding carboxylic acids is 1. The van der Waals surface area contributed by atoms with E-state index in [1.165, 1.54) is 6.34 Å². The quantitative estimate of drug-likeness (QED) is 0.443. The zero-order valence-electron chi connectivity index (χ0n) is 9.84. The third-order valence-electron chi connectivity index (χ3n) is 1.93. The van der Waals surface area contributed by atoms with E-state index >= 15 is 0 Å². The van der Waals surface area contributed by atoms with Crippen LogP contribution in [0, 0.1) is 0 Å². The Balaban J connectivity index is 2.43. The molecule has 0 atom stereocenters. The van der Waals surface area contributed by atoms with Gasteiger partial charge in [-0.25, -0.2) is 4.79 Å². The number of halogens is 2. The number of hydrazone groups is 1. The fraction of sp³-hybridized carbons (Fsp3) is 0.273. The standard InChI is InChI=1S/C11H14Cl2N4O/c1-2-6-14-11(18)15-7-16-17-10-8(12)4-3-5-9(10)13/h3-5,7,17H,2,6H2,1H3,(H2,14,15,16,18). The monoisotopic (exact) mass is 288 g/mol. The lowest BCUT2D eigenvalue weighted by Crippen LogP contribution is -2.35. The second-order valence-electron chi connectivity index (χ2n) is 3.37. The fourth-order valence-electron chi connectivity index (χ4n) is 1.08. The Labute approximate surface area is 116 Å². The molecule has 0 aliphatic heterocycles. The number of amides is 2. The molecular weight excluding hydrogens is 275 g/mol. The zero-order valence-corrected chi connectivity index (χ0v) is 11.3. The van der Waals surface area contributed by atoms with Crippen LogP contribution in [0.15, 0.2) is 23.3 Å². The van der Waals surface area contributed by atoms with Gasteiger partial charge in [0, 0.05) is 6.54 Å². The summed E-state index contributed by atoms with van der Waals surface area (Å²) in [6.07, 6.45) is 2.10. The van der Waals surface area contributed by atoms with Gasteiger partial charge in [-0.3, -0.25) is 10.7 Å². The van der Waals surface area contributed by atoms with Crippen LogP contribution in [-0.4, -0.2) is 18.9 Å². The van der Waals surface area contributed by atoms with Crippen LogP contribution in [0.25, 0.3) is 0 Å². The van der Waals surface area contributed by atoms with E-state index in [-0.39, 0.29) is 6.03 Å². The van der Waals surface area contributed by atoms with Gasteiger partial charge in [-0.15, -0.1) is 0 Å². The fourth-order valence-corrected chi connectivity index (χ4v) is 1.56. The SMILES string of the molecule is CCCNC(=O)NC=NNc1c(Cl)cccc1Cl. The maximum absolute atomic E-state index is 11.2. The lowest BCUT2D eigenvalue weighted by Gasteiger charge is -2.05. The van der Waals surface area contributed by atoms with Gasteiger partial charge in [-0.1, -0.05) is 36.2 Å². The predicted molar refractivity (Wildman–Crippen MR) is 75.4 cm³/mol. The molecule has 98 valence electrons. The first-order chi connectivity index (χ1) is 8.65. The van der Waals surface area contributed by atoms with Crippen molar-refractivity contribution in [2.45, 2.75) is 13.3 Å². The van der Waals surface area contributed by atoms with Gasteiger partial charge in [0.1, 0.15) is 6.34 Å².